The summed E-state index contributed by atoms with van der Waals surface area (Å²) in [7, 11) is 1.51. The number of benzene rings is 2. The quantitative estimate of drug-likeness (QED) is 0.514. The molecule has 2 aromatic carbocycles. The number of hydrogen-bond acceptors (Lipinski definition) is 5. The fraction of sp³-hybridized carbons (Fsp3) is 0.308. The average molecular weight is 496 g/mol. The number of nitriles is 1. The zero-order valence-electron chi connectivity index (χ0n) is 19.5. The Morgan fingerprint density at radius 1 is 1.25 bits per heavy atom. The number of alkyl halides is 3. The minimum atomic E-state index is -4.62. The number of nitrogens with one attached hydrogen (secondary N) is 1. The molecule has 0 spiro atoms. The van der Waals surface area contributed by atoms with E-state index in [9.17, 15) is 28.0 Å². The van der Waals surface area contributed by atoms with Crippen LogP contribution in [0.5, 0.6) is 0 Å². The summed E-state index contributed by atoms with van der Waals surface area (Å²) in [5.74, 6) is -0.126. The molecule has 1 saturated heterocycles. The van der Waals surface area contributed by atoms with E-state index in [2.05, 4.69) is 16.4 Å². The number of carbonyl (C=O) groups is 2. The van der Waals surface area contributed by atoms with Crippen molar-refractivity contribution >= 4 is 34.6 Å². The van der Waals surface area contributed by atoms with Gasteiger partial charge < -0.3 is 15.1 Å². The van der Waals surface area contributed by atoms with Crippen molar-refractivity contribution in [3.63, 3.8) is 0 Å². The summed E-state index contributed by atoms with van der Waals surface area (Å²) >= 11 is 0. The third-order valence-electron chi connectivity index (χ3n) is 6.47. The molecular formula is C26H24F3N5O2. The average Bonchev–Trinajstić information content (AvgIpc) is 2.88. The van der Waals surface area contributed by atoms with E-state index in [1.807, 2.05) is 0 Å². The summed E-state index contributed by atoms with van der Waals surface area (Å²) in [6.45, 7) is 0.630. The molecule has 0 radical (unpaired) electrons. The van der Waals surface area contributed by atoms with Crippen LogP contribution in [-0.4, -0.2) is 48.4 Å². The van der Waals surface area contributed by atoms with Crippen LogP contribution in [0.15, 0.2) is 48.7 Å². The SMILES string of the molecule is CNc1cccc(C(F)(F)F)c1N(C=O)C1CCN(C(=O)Cc2ccc3nccc(C#N)c3c2)CC1. The van der Waals surface area contributed by atoms with Gasteiger partial charge in [0.15, 0.2) is 0 Å². The lowest BCUT2D eigenvalue weighted by molar-refractivity contribution is -0.137. The molecule has 1 aromatic heterocycles. The summed E-state index contributed by atoms with van der Waals surface area (Å²) in [6, 6.07) is 12.4. The van der Waals surface area contributed by atoms with Crippen LogP contribution in [0.25, 0.3) is 10.9 Å². The lowest BCUT2D eigenvalue weighted by atomic mass is 9.99. The summed E-state index contributed by atoms with van der Waals surface area (Å²) in [6.07, 6.45) is -1.81. The number of para-hydroxylation sites is 1. The van der Waals surface area contributed by atoms with Gasteiger partial charge in [-0.05, 0) is 48.7 Å². The zero-order valence-corrected chi connectivity index (χ0v) is 19.5. The fourth-order valence-electron chi connectivity index (χ4n) is 4.65. The molecule has 2 amide bonds. The molecular weight excluding hydrogens is 471 g/mol. The van der Waals surface area contributed by atoms with Gasteiger partial charge >= 0.3 is 6.18 Å². The van der Waals surface area contributed by atoms with Crippen molar-refractivity contribution in [2.24, 2.45) is 0 Å². The van der Waals surface area contributed by atoms with E-state index in [0.717, 1.165) is 16.5 Å². The van der Waals surface area contributed by atoms with Crippen molar-refractivity contribution in [2.75, 3.05) is 30.4 Å². The largest absolute Gasteiger partial charge is 0.418 e. The summed E-state index contributed by atoms with van der Waals surface area (Å²) in [4.78, 5) is 32.0. The Hall–Kier alpha value is -4.13. The van der Waals surface area contributed by atoms with Gasteiger partial charge in [-0.2, -0.15) is 18.4 Å². The Kier molecular flexibility index (Phi) is 7.10. The minimum Gasteiger partial charge on any atom is -0.386 e. The van der Waals surface area contributed by atoms with Crippen LogP contribution in [0.2, 0.25) is 0 Å². The van der Waals surface area contributed by atoms with E-state index >= 15 is 0 Å². The number of hydrogen-bond donors (Lipinski definition) is 1. The minimum absolute atomic E-state index is 0.124. The fourth-order valence-corrected chi connectivity index (χ4v) is 4.65. The highest BCUT2D eigenvalue weighted by Crippen LogP contribution is 2.42. The zero-order chi connectivity index (χ0) is 25.9. The van der Waals surface area contributed by atoms with Gasteiger partial charge in [0, 0.05) is 37.8 Å². The van der Waals surface area contributed by atoms with E-state index in [0.29, 0.717) is 48.8 Å². The van der Waals surface area contributed by atoms with Crippen molar-refractivity contribution in [2.45, 2.75) is 31.5 Å². The highest BCUT2D eigenvalue weighted by molar-refractivity contribution is 5.88. The maximum Gasteiger partial charge on any atom is 0.418 e. The normalized spacial score (nSPS) is 14.4. The summed E-state index contributed by atoms with van der Waals surface area (Å²) < 4.78 is 41.1. The van der Waals surface area contributed by atoms with Crippen molar-refractivity contribution in [3.8, 4) is 6.07 Å². The molecule has 1 aliphatic rings. The molecule has 186 valence electrons. The van der Waals surface area contributed by atoms with E-state index in [4.69, 9.17) is 0 Å². The Labute approximate surface area is 206 Å². The van der Waals surface area contributed by atoms with Crippen molar-refractivity contribution in [1.82, 2.24) is 9.88 Å². The number of anilines is 2. The number of carbonyl (C=O) groups excluding carboxylic acids is 2. The third kappa shape index (κ3) is 4.96. The van der Waals surface area contributed by atoms with Crippen LogP contribution in [-0.2, 0) is 22.2 Å². The van der Waals surface area contributed by atoms with Crippen LogP contribution in [0.3, 0.4) is 0 Å². The molecule has 0 atom stereocenters. The van der Waals surface area contributed by atoms with E-state index < -0.39 is 17.8 Å². The van der Waals surface area contributed by atoms with Crippen LogP contribution in [0, 0.1) is 11.3 Å². The highest BCUT2D eigenvalue weighted by atomic mass is 19.4. The summed E-state index contributed by atoms with van der Waals surface area (Å²) in [5, 5.41) is 12.8. The Bertz CT molecular complexity index is 1330. The maximum absolute atomic E-state index is 13.7. The second-order valence-corrected chi connectivity index (χ2v) is 8.57. The van der Waals surface area contributed by atoms with Gasteiger partial charge in [0.2, 0.25) is 12.3 Å². The second-order valence-electron chi connectivity index (χ2n) is 8.57. The molecule has 0 unspecified atom stereocenters. The molecule has 0 bridgehead atoms. The lowest BCUT2D eigenvalue weighted by Crippen LogP contribution is -2.47. The number of rotatable bonds is 6. The van der Waals surface area contributed by atoms with Gasteiger partial charge in [-0.25, -0.2) is 0 Å². The first-order valence-corrected chi connectivity index (χ1v) is 11.4. The van der Waals surface area contributed by atoms with Crippen molar-refractivity contribution in [3.05, 3.63) is 65.4 Å². The van der Waals surface area contributed by atoms with Crippen LogP contribution in [0.4, 0.5) is 24.5 Å². The number of amides is 2. The van der Waals surface area contributed by atoms with E-state index in [1.54, 1.807) is 35.4 Å². The predicted molar refractivity (Wildman–Crippen MR) is 129 cm³/mol. The first kappa shape index (κ1) is 25.0. The number of likely N-dealkylation sites (tertiary alicyclic amines) is 1. The van der Waals surface area contributed by atoms with Gasteiger partial charge in [0.25, 0.3) is 0 Å². The number of aromatic nitrogens is 1. The molecule has 0 aliphatic carbocycles. The van der Waals surface area contributed by atoms with E-state index in [1.165, 1.54) is 19.2 Å². The number of halogens is 3. The van der Waals surface area contributed by atoms with Gasteiger partial charge in [-0.1, -0.05) is 12.1 Å². The van der Waals surface area contributed by atoms with Crippen molar-refractivity contribution < 1.29 is 22.8 Å². The Morgan fingerprint density at radius 3 is 2.64 bits per heavy atom. The van der Waals surface area contributed by atoms with Crippen LogP contribution >= 0.6 is 0 Å². The molecule has 4 rings (SSSR count). The topological polar surface area (TPSA) is 89.3 Å². The molecule has 0 saturated carbocycles. The smallest absolute Gasteiger partial charge is 0.386 e. The molecule has 10 heteroatoms. The van der Waals surface area contributed by atoms with Crippen LogP contribution in [0.1, 0.15) is 29.5 Å². The molecule has 1 aliphatic heterocycles. The third-order valence-corrected chi connectivity index (χ3v) is 6.47. The Morgan fingerprint density at radius 2 is 2.00 bits per heavy atom. The standard InChI is InChI=1S/C26H24F3N5O2/c1-31-23-4-2-3-21(26(27,28)29)25(23)34(16-35)19-8-11-33(12-9-19)24(36)14-17-5-6-22-20(13-17)18(15-30)7-10-32-22/h2-7,10,13,16,19,31H,8-9,11-12,14H2,1H3. The van der Waals surface area contributed by atoms with E-state index in [-0.39, 0.29) is 23.7 Å². The molecule has 36 heavy (non-hydrogen) atoms. The highest BCUT2D eigenvalue weighted by Gasteiger charge is 2.38. The van der Waals surface area contributed by atoms with Gasteiger partial charge in [-0.3, -0.25) is 14.6 Å². The van der Waals surface area contributed by atoms with Crippen LogP contribution < -0.4 is 10.2 Å². The first-order chi connectivity index (χ1) is 17.3. The number of fused-ring (bicyclic) bond motifs is 1. The Balaban J connectivity index is 1.48. The lowest BCUT2D eigenvalue weighted by Gasteiger charge is -2.38. The van der Waals surface area contributed by atoms with Gasteiger partial charge in [0.1, 0.15) is 0 Å². The molecule has 1 N–H and O–H groups in total. The predicted octanol–water partition coefficient (Wildman–Crippen LogP) is 4.36. The number of pyridine rings is 1. The molecule has 7 nitrogen and oxygen atoms in total. The monoisotopic (exact) mass is 495 g/mol. The van der Waals surface area contributed by atoms with Gasteiger partial charge in [0.05, 0.1) is 40.5 Å². The molecule has 2 heterocycles. The number of nitrogens with zero attached hydrogens (tertiary/aromatic N) is 4. The first-order valence-electron chi connectivity index (χ1n) is 11.4. The van der Waals surface area contributed by atoms with Gasteiger partial charge in [-0.15, -0.1) is 0 Å². The molecule has 3 aromatic rings. The van der Waals surface area contributed by atoms with Crippen molar-refractivity contribution in [1.29, 1.82) is 5.26 Å². The molecule has 1 fully saturated rings. The maximum atomic E-state index is 13.7. The number of piperidine rings is 1. The summed E-state index contributed by atoms with van der Waals surface area (Å²) in [5.41, 5.74) is 1.00. The second kappa shape index (κ2) is 10.2.